The van der Waals surface area contributed by atoms with Crippen molar-refractivity contribution in [2.24, 2.45) is 5.84 Å². The van der Waals surface area contributed by atoms with Gasteiger partial charge in [-0.3, -0.25) is 0 Å². The second-order valence-electron chi connectivity index (χ2n) is 5.94. The van der Waals surface area contributed by atoms with Crippen LogP contribution in [-0.2, 0) is 10.2 Å². The molecular formula is C14H27N5O2. The van der Waals surface area contributed by atoms with Crippen molar-refractivity contribution < 1.29 is 9.84 Å². The monoisotopic (exact) mass is 297 g/mol. The van der Waals surface area contributed by atoms with Crippen molar-refractivity contribution in [3.8, 4) is 0 Å². The maximum Gasteiger partial charge on any atom is 0.148 e. The van der Waals surface area contributed by atoms with Crippen molar-refractivity contribution in [1.82, 2.24) is 9.97 Å². The maximum absolute atomic E-state index is 9.28. The van der Waals surface area contributed by atoms with Gasteiger partial charge in [0.05, 0.1) is 13.2 Å². The van der Waals surface area contributed by atoms with E-state index in [-0.39, 0.29) is 12.0 Å². The Hall–Kier alpha value is -1.44. The average molecular weight is 297 g/mol. The summed E-state index contributed by atoms with van der Waals surface area (Å²) in [6, 6.07) is 0. The molecule has 1 aromatic rings. The van der Waals surface area contributed by atoms with Crippen molar-refractivity contribution in [2.75, 3.05) is 43.7 Å². The van der Waals surface area contributed by atoms with Crippen LogP contribution in [0.5, 0.6) is 0 Å². The lowest BCUT2D eigenvalue weighted by Crippen LogP contribution is -2.33. The number of ether oxygens (including phenoxy) is 1. The van der Waals surface area contributed by atoms with E-state index in [0.717, 1.165) is 11.4 Å². The van der Waals surface area contributed by atoms with Crippen LogP contribution in [-0.4, -0.2) is 48.5 Å². The number of hydrogen-bond donors (Lipinski definition) is 3. The first-order valence-corrected chi connectivity index (χ1v) is 7.05. The van der Waals surface area contributed by atoms with Gasteiger partial charge in [0.1, 0.15) is 17.5 Å². The molecule has 120 valence electrons. The largest absolute Gasteiger partial charge is 0.395 e. The number of anilines is 2. The summed E-state index contributed by atoms with van der Waals surface area (Å²) < 4.78 is 5.13. The molecule has 0 aliphatic rings. The lowest BCUT2D eigenvalue weighted by atomic mass is 9.95. The van der Waals surface area contributed by atoms with Gasteiger partial charge in [-0.2, -0.15) is 0 Å². The predicted octanol–water partition coefficient (Wildman–Crippen LogP) is 0.813. The Morgan fingerprint density at radius 1 is 1.29 bits per heavy atom. The minimum absolute atomic E-state index is 0.0450. The second-order valence-corrected chi connectivity index (χ2v) is 5.94. The normalized spacial score (nSPS) is 11.6. The van der Waals surface area contributed by atoms with Crippen molar-refractivity contribution in [3.63, 3.8) is 0 Å². The van der Waals surface area contributed by atoms with E-state index in [1.54, 1.807) is 7.11 Å². The highest BCUT2D eigenvalue weighted by Gasteiger charge is 2.23. The van der Waals surface area contributed by atoms with Crippen LogP contribution in [0.1, 0.15) is 32.2 Å². The highest BCUT2D eigenvalue weighted by Crippen LogP contribution is 2.27. The molecule has 0 atom stereocenters. The zero-order valence-electron chi connectivity index (χ0n) is 13.6. The molecule has 1 rings (SSSR count). The quantitative estimate of drug-likeness (QED) is 0.506. The van der Waals surface area contributed by atoms with E-state index in [0.29, 0.717) is 31.3 Å². The molecule has 0 bridgehead atoms. The molecule has 4 N–H and O–H groups in total. The number of nitrogens with zero attached hydrogens (tertiary/aromatic N) is 3. The van der Waals surface area contributed by atoms with Gasteiger partial charge in [-0.25, -0.2) is 15.8 Å². The molecule has 0 saturated heterocycles. The Morgan fingerprint density at radius 3 is 2.43 bits per heavy atom. The van der Waals surface area contributed by atoms with Crippen molar-refractivity contribution >= 4 is 11.6 Å². The van der Waals surface area contributed by atoms with Crippen LogP contribution < -0.4 is 16.2 Å². The van der Waals surface area contributed by atoms with E-state index in [2.05, 4.69) is 15.4 Å². The van der Waals surface area contributed by atoms with Crippen LogP contribution in [0.15, 0.2) is 0 Å². The molecule has 1 heterocycles. The summed E-state index contributed by atoms with van der Waals surface area (Å²) in [5.41, 5.74) is 3.29. The van der Waals surface area contributed by atoms with Gasteiger partial charge in [-0.05, 0) is 6.92 Å². The first-order valence-electron chi connectivity index (χ1n) is 7.05. The summed E-state index contributed by atoms with van der Waals surface area (Å²) in [4.78, 5) is 11.1. The highest BCUT2D eigenvalue weighted by molar-refractivity contribution is 5.58. The Labute approximate surface area is 126 Å². The molecule has 21 heavy (non-hydrogen) atoms. The Balaban J connectivity index is 3.29. The molecule has 1 aromatic heterocycles. The third-order valence-electron chi connectivity index (χ3n) is 3.16. The predicted molar refractivity (Wildman–Crippen MR) is 84.5 cm³/mol. The minimum Gasteiger partial charge on any atom is -0.395 e. The van der Waals surface area contributed by atoms with Crippen LogP contribution in [0.25, 0.3) is 0 Å². The van der Waals surface area contributed by atoms with Crippen molar-refractivity contribution in [2.45, 2.75) is 33.1 Å². The number of hydrazine groups is 1. The lowest BCUT2D eigenvalue weighted by Gasteiger charge is -2.27. The standard InChI is InChI=1S/C14H27N5O2/c1-10-11(18-15)16-13(14(2,3)4)17-12(10)19(6-8-20)7-9-21-5/h20H,6-9,15H2,1-5H3,(H,16,17,18). The first-order chi connectivity index (χ1) is 9.85. The molecule has 0 aliphatic heterocycles. The van der Waals surface area contributed by atoms with Gasteiger partial charge in [0.25, 0.3) is 0 Å². The van der Waals surface area contributed by atoms with E-state index in [4.69, 9.17) is 10.6 Å². The summed E-state index contributed by atoms with van der Waals surface area (Å²) in [5, 5.41) is 9.28. The molecule has 0 aromatic carbocycles. The number of rotatable bonds is 7. The Bertz CT molecular complexity index is 459. The smallest absolute Gasteiger partial charge is 0.148 e. The van der Waals surface area contributed by atoms with E-state index >= 15 is 0 Å². The van der Waals surface area contributed by atoms with Crippen LogP contribution in [0.2, 0.25) is 0 Å². The van der Waals surface area contributed by atoms with Gasteiger partial charge in [-0.1, -0.05) is 20.8 Å². The van der Waals surface area contributed by atoms with Crippen molar-refractivity contribution in [1.29, 1.82) is 0 Å². The summed E-state index contributed by atoms with van der Waals surface area (Å²) in [7, 11) is 1.65. The number of nitrogens with one attached hydrogen (secondary N) is 1. The lowest BCUT2D eigenvalue weighted by molar-refractivity contribution is 0.202. The molecule has 0 unspecified atom stereocenters. The summed E-state index contributed by atoms with van der Waals surface area (Å²) in [6.45, 7) is 9.78. The zero-order valence-corrected chi connectivity index (χ0v) is 13.6. The van der Waals surface area contributed by atoms with Crippen LogP contribution in [0.3, 0.4) is 0 Å². The number of nitrogen functional groups attached to an aromatic ring is 1. The summed E-state index contributed by atoms with van der Waals surface area (Å²) >= 11 is 0. The molecule has 0 aliphatic carbocycles. The van der Waals surface area contributed by atoms with Gasteiger partial charge in [-0.15, -0.1) is 0 Å². The number of aromatic nitrogens is 2. The fourth-order valence-corrected chi connectivity index (χ4v) is 1.93. The van der Waals surface area contributed by atoms with Crippen LogP contribution in [0, 0.1) is 6.92 Å². The molecular weight excluding hydrogens is 270 g/mol. The molecule has 0 spiro atoms. The average Bonchev–Trinajstić information content (AvgIpc) is 2.42. The highest BCUT2D eigenvalue weighted by atomic mass is 16.5. The molecule has 0 saturated carbocycles. The molecule has 7 nitrogen and oxygen atoms in total. The zero-order chi connectivity index (χ0) is 16.0. The topological polar surface area (TPSA) is 96.5 Å². The fourth-order valence-electron chi connectivity index (χ4n) is 1.93. The summed E-state index contributed by atoms with van der Waals surface area (Å²) in [5.74, 6) is 7.65. The van der Waals surface area contributed by atoms with Gasteiger partial charge < -0.3 is 20.2 Å². The van der Waals surface area contributed by atoms with Gasteiger partial charge in [0.15, 0.2) is 0 Å². The molecule has 0 radical (unpaired) electrons. The number of hydrogen-bond acceptors (Lipinski definition) is 7. The third kappa shape index (κ3) is 4.52. The molecule has 0 fully saturated rings. The van der Waals surface area contributed by atoms with E-state index < -0.39 is 0 Å². The van der Waals surface area contributed by atoms with Crippen LogP contribution >= 0.6 is 0 Å². The number of nitrogens with two attached hydrogens (primary N) is 1. The fraction of sp³-hybridized carbons (Fsp3) is 0.714. The summed E-state index contributed by atoms with van der Waals surface area (Å²) in [6.07, 6.45) is 0. The van der Waals surface area contributed by atoms with Crippen molar-refractivity contribution in [3.05, 3.63) is 11.4 Å². The van der Waals surface area contributed by atoms with Gasteiger partial charge in [0.2, 0.25) is 0 Å². The number of methoxy groups -OCH3 is 1. The maximum atomic E-state index is 9.28. The Kier molecular flexibility index (Phi) is 6.32. The van der Waals surface area contributed by atoms with E-state index in [1.807, 2.05) is 32.6 Å². The van der Waals surface area contributed by atoms with Gasteiger partial charge in [0, 0.05) is 31.2 Å². The van der Waals surface area contributed by atoms with E-state index in [9.17, 15) is 5.11 Å². The SMILES string of the molecule is COCCN(CCO)c1nc(C(C)(C)C)nc(NN)c1C. The first kappa shape index (κ1) is 17.6. The third-order valence-corrected chi connectivity index (χ3v) is 3.16. The number of aliphatic hydroxyl groups is 1. The molecule has 7 heteroatoms. The van der Waals surface area contributed by atoms with Gasteiger partial charge >= 0.3 is 0 Å². The van der Waals surface area contributed by atoms with Crippen LogP contribution in [0.4, 0.5) is 11.6 Å². The van der Waals surface area contributed by atoms with E-state index in [1.165, 1.54) is 0 Å². The second kappa shape index (κ2) is 7.53. The minimum atomic E-state index is -0.194. The molecule has 0 amide bonds. The number of aliphatic hydroxyl groups excluding tert-OH is 1. The Morgan fingerprint density at radius 2 is 1.95 bits per heavy atom.